The molecule has 3 aromatic rings. The Bertz CT molecular complexity index is 1250. The molecule has 184 valence electrons. The minimum atomic E-state index is -1.89. The summed E-state index contributed by atoms with van der Waals surface area (Å²) in [6, 6.07) is 9.02. The molecule has 1 aromatic carbocycles. The van der Waals surface area contributed by atoms with E-state index < -0.39 is 8.32 Å². The molecule has 0 radical (unpaired) electrons. The van der Waals surface area contributed by atoms with Gasteiger partial charge in [0.05, 0.1) is 36.1 Å². The number of carbonyl (C=O) groups is 2. The van der Waals surface area contributed by atoms with Crippen molar-refractivity contribution >= 4 is 31.1 Å². The predicted octanol–water partition coefficient (Wildman–Crippen LogP) is 5.32. The van der Waals surface area contributed by atoms with Gasteiger partial charge in [-0.15, -0.1) is 0 Å². The van der Waals surface area contributed by atoms with Gasteiger partial charge in [0.1, 0.15) is 0 Å². The average Bonchev–Trinajstić information content (AvgIpc) is 3.29. The van der Waals surface area contributed by atoms with Crippen LogP contribution in [0.3, 0.4) is 0 Å². The van der Waals surface area contributed by atoms with E-state index in [0.29, 0.717) is 29.7 Å². The van der Waals surface area contributed by atoms with Crippen molar-refractivity contribution in [3.8, 4) is 11.1 Å². The Morgan fingerprint density at radius 3 is 2.43 bits per heavy atom. The van der Waals surface area contributed by atoms with E-state index in [1.54, 1.807) is 30.7 Å². The van der Waals surface area contributed by atoms with Crippen LogP contribution in [0.5, 0.6) is 0 Å². The minimum Gasteiger partial charge on any atom is -0.465 e. The molecular weight excluding hydrogens is 458 g/mol. The summed E-state index contributed by atoms with van der Waals surface area (Å²) >= 11 is 0. The Labute approximate surface area is 207 Å². The maximum atomic E-state index is 13.4. The van der Waals surface area contributed by atoms with E-state index in [9.17, 15) is 9.59 Å². The zero-order chi connectivity index (χ0) is 25.4. The number of amides is 1. The fourth-order valence-corrected chi connectivity index (χ4v) is 5.46. The molecule has 0 bridgehead atoms. The van der Waals surface area contributed by atoms with Crippen molar-refractivity contribution in [1.29, 1.82) is 0 Å². The van der Waals surface area contributed by atoms with Crippen LogP contribution in [-0.4, -0.2) is 61.4 Å². The van der Waals surface area contributed by atoms with Crippen molar-refractivity contribution in [2.24, 2.45) is 0 Å². The van der Waals surface area contributed by atoms with E-state index in [1.807, 2.05) is 23.1 Å². The highest BCUT2D eigenvalue weighted by Crippen LogP contribution is 2.38. The standard InChI is InChI=1S/C27H33N3O4Si/c1-27(2,3)35(5,6)34-21-11-12-30(17-21)25(31)20-13-22-23(15-28-16-24(22)29-14-20)18-7-9-19(10-8-18)26(32)33-4/h7-10,13-16,21H,11-12,17H2,1-6H3. The van der Waals surface area contributed by atoms with Crippen LogP contribution < -0.4 is 0 Å². The average molecular weight is 492 g/mol. The highest BCUT2D eigenvalue weighted by Gasteiger charge is 2.41. The molecular formula is C27H33N3O4Si. The first kappa shape index (κ1) is 25.0. The Hall–Kier alpha value is -3.10. The van der Waals surface area contributed by atoms with Crippen LogP contribution in [0, 0.1) is 0 Å². The highest BCUT2D eigenvalue weighted by molar-refractivity contribution is 6.74. The van der Waals surface area contributed by atoms with Crippen LogP contribution in [0.4, 0.5) is 0 Å². The maximum absolute atomic E-state index is 13.4. The normalized spacial score (nSPS) is 16.5. The van der Waals surface area contributed by atoms with Gasteiger partial charge >= 0.3 is 5.97 Å². The van der Waals surface area contributed by atoms with Gasteiger partial charge in [0.25, 0.3) is 5.91 Å². The molecule has 1 amide bonds. The summed E-state index contributed by atoms with van der Waals surface area (Å²) in [6.45, 7) is 12.5. The van der Waals surface area contributed by atoms with Crippen molar-refractivity contribution in [3.05, 3.63) is 60.0 Å². The van der Waals surface area contributed by atoms with E-state index in [4.69, 9.17) is 9.16 Å². The number of likely N-dealkylation sites (tertiary alicyclic amines) is 1. The van der Waals surface area contributed by atoms with Crippen LogP contribution >= 0.6 is 0 Å². The molecule has 1 saturated heterocycles. The lowest BCUT2D eigenvalue weighted by Crippen LogP contribution is -2.44. The molecule has 2 aromatic heterocycles. The third-order valence-corrected chi connectivity index (χ3v) is 11.7. The van der Waals surface area contributed by atoms with Crippen molar-refractivity contribution in [1.82, 2.24) is 14.9 Å². The number of methoxy groups -OCH3 is 1. The smallest absolute Gasteiger partial charge is 0.337 e. The number of hydrogen-bond donors (Lipinski definition) is 0. The lowest BCUT2D eigenvalue weighted by Gasteiger charge is -2.38. The number of nitrogens with zero attached hydrogens (tertiary/aromatic N) is 3. The summed E-state index contributed by atoms with van der Waals surface area (Å²) in [6.07, 6.45) is 5.99. The topological polar surface area (TPSA) is 81.6 Å². The molecule has 0 aliphatic carbocycles. The van der Waals surface area contributed by atoms with E-state index >= 15 is 0 Å². The molecule has 3 heterocycles. The number of ether oxygens (including phenoxy) is 1. The summed E-state index contributed by atoms with van der Waals surface area (Å²) in [4.78, 5) is 35.9. The van der Waals surface area contributed by atoms with E-state index in [-0.39, 0.29) is 23.0 Å². The highest BCUT2D eigenvalue weighted by atomic mass is 28.4. The number of benzene rings is 1. The summed E-state index contributed by atoms with van der Waals surface area (Å²) in [5.41, 5.74) is 3.45. The SMILES string of the molecule is COC(=O)c1ccc(-c2cncc3ncc(C(=O)N4CCC(O[Si](C)(C)C(C)(C)C)C4)cc23)cc1. The Balaban J connectivity index is 1.57. The Morgan fingerprint density at radius 1 is 1.06 bits per heavy atom. The number of hydrogen-bond acceptors (Lipinski definition) is 6. The predicted molar refractivity (Wildman–Crippen MR) is 139 cm³/mol. The molecule has 1 aliphatic heterocycles. The second kappa shape index (κ2) is 9.51. The van der Waals surface area contributed by atoms with Gasteiger partial charge in [-0.2, -0.15) is 0 Å². The molecule has 1 atom stereocenters. The largest absolute Gasteiger partial charge is 0.465 e. The summed E-state index contributed by atoms with van der Waals surface area (Å²) in [5.74, 6) is -0.423. The molecule has 35 heavy (non-hydrogen) atoms. The zero-order valence-corrected chi connectivity index (χ0v) is 22.3. The van der Waals surface area contributed by atoms with Crippen molar-refractivity contribution < 1.29 is 18.8 Å². The minimum absolute atomic E-state index is 0.0375. The second-order valence-corrected chi connectivity index (χ2v) is 15.3. The number of pyridine rings is 2. The van der Waals surface area contributed by atoms with Crippen molar-refractivity contribution in [2.75, 3.05) is 20.2 Å². The number of esters is 1. The quantitative estimate of drug-likeness (QED) is 0.355. The Kier molecular flexibility index (Phi) is 6.79. The number of carbonyl (C=O) groups excluding carboxylic acids is 2. The molecule has 7 nitrogen and oxygen atoms in total. The van der Waals surface area contributed by atoms with Gasteiger partial charge in [-0.1, -0.05) is 32.9 Å². The molecule has 0 saturated carbocycles. The molecule has 0 N–H and O–H groups in total. The van der Waals surface area contributed by atoms with Gasteiger partial charge in [0.15, 0.2) is 8.32 Å². The van der Waals surface area contributed by atoms with Gasteiger partial charge in [-0.05, 0) is 48.3 Å². The van der Waals surface area contributed by atoms with E-state index in [0.717, 1.165) is 22.9 Å². The fourth-order valence-electron chi connectivity index (χ4n) is 4.08. The van der Waals surface area contributed by atoms with Gasteiger partial charge in [0, 0.05) is 36.4 Å². The number of fused-ring (bicyclic) bond motifs is 1. The first-order valence-electron chi connectivity index (χ1n) is 11.9. The molecule has 1 unspecified atom stereocenters. The van der Waals surface area contributed by atoms with E-state index in [2.05, 4.69) is 43.8 Å². The lowest BCUT2D eigenvalue weighted by atomic mass is 10.0. The van der Waals surface area contributed by atoms with Crippen LogP contribution in [-0.2, 0) is 9.16 Å². The van der Waals surface area contributed by atoms with Gasteiger partial charge in [-0.25, -0.2) is 4.79 Å². The first-order valence-corrected chi connectivity index (χ1v) is 14.8. The fraction of sp³-hybridized carbons (Fsp3) is 0.407. The van der Waals surface area contributed by atoms with Gasteiger partial charge in [-0.3, -0.25) is 14.8 Å². The molecule has 1 aliphatic rings. The maximum Gasteiger partial charge on any atom is 0.337 e. The molecule has 4 rings (SSSR count). The number of rotatable bonds is 5. The van der Waals surface area contributed by atoms with Crippen molar-refractivity contribution in [3.63, 3.8) is 0 Å². The summed E-state index contributed by atoms with van der Waals surface area (Å²) < 4.78 is 11.3. The lowest BCUT2D eigenvalue weighted by molar-refractivity contribution is 0.0600. The zero-order valence-electron chi connectivity index (χ0n) is 21.3. The van der Waals surface area contributed by atoms with Crippen LogP contribution in [0.15, 0.2) is 48.9 Å². The third-order valence-electron chi connectivity index (χ3n) is 7.17. The van der Waals surface area contributed by atoms with Gasteiger partial charge in [0.2, 0.25) is 0 Å². The van der Waals surface area contributed by atoms with Crippen LogP contribution in [0.25, 0.3) is 22.0 Å². The third kappa shape index (κ3) is 5.13. The Morgan fingerprint density at radius 2 is 1.77 bits per heavy atom. The summed E-state index contributed by atoms with van der Waals surface area (Å²) in [5, 5.41) is 0.969. The number of aromatic nitrogens is 2. The monoisotopic (exact) mass is 491 g/mol. The molecule has 0 spiro atoms. The molecule has 1 fully saturated rings. The van der Waals surface area contributed by atoms with E-state index in [1.165, 1.54) is 7.11 Å². The first-order chi connectivity index (χ1) is 16.5. The van der Waals surface area contributed by atoms with Crippen LogP contribution in [0.2, 0.25) is 18.1 Å². The summed E-state index contributed by atoms with van der Waals surface area (Å²) in [7, 11) is -0.536. The molecule has 8 heteroatoms. The van der Waals surface area contributed by atoms with Crippen LogP contribution in [0.1, 0.15) is 47.9 Å². The van der Waals surface area contributed by atoms with Crippen molar-refractivity contribution in [2.45, 2.75) is 51.4 Å². The second-order valence-electron chi connectivity index (χ2n) is 10.6. The van der Waals surface area contributed by atoms with Gasteiger partial charge < -0.3 is 14.1 Å².